The summed E-state index contributed by atoms with van der Waals surface area (Å²) in [5.74, 6) is -0.607. The van der Waals surface area contributed by atoms with Crippen molar-refractivity contribution < 1.29 is 14.3 Å². The Labute approximate surface area is 168 Å². The Kier molecular flexibility index (Phi) is 5.41. The van der Waals surface area contributed by atoms with Gasteiger partial charge >= 0.3 is 0 Å². The zero-order valence-electron chi connectivity index (χ0n) is 13.5. The third-order valence-corrected chi connectivity index (χ3v) is 4.73. The Morgan fingerprint density at radius 1 is 1.19 bits per heavy atom. The van der Waals surface area contributed by atoms with E-state index in [4.69, 9.17) is 28.6 Å². The maximum atomic E-state index is 12.9. The Morgan fingerprint density at radius 3 is 2.54 bits per heavy atom. The number of carbonyl (C=O) groups excluding carboxylic acids is 2. The first kappa shape index (κ1) is 18.6. The van der Waals surface area contributed by atoms with E-state index in [2.05, 4.69) is 21.2 Å². The second kappa shape index (κ2) is 7.57. The van der Waals surface area contributed by atoms with Crippen LogP contribution in [-0.2, 0) is 9.59 Å². The first-order valence-corrected chi connectivity index (χ1v) is 8.99. The van der Waals surface area contributed by atoms with E-state index in [9.17, 15) is 9.59 Å². The topological polar surface area (TPSA) is 58.6 Å². The van der Waals surface area contributed by atoms with Gasteiger partial charge in [-0.05, 0) is 60.8 Å². The van der Waals surface area contributed by atoms with E-state index >= 15 is 0 Å². The van der Waals surface area contributed by atoms with Gasteiger partial charge < -0.3 is 4.74 Å². The van der Waals surface area contributed by atoms with Crippen LogP contribution in [0.3, 0.4) is 0 Å². The average molecular weight is 452 g/mol. The fourth-order valence-electron chi connectivity index (χ4n) is 2.46. The SMILES string of the molecule is COc1ccc(Cl)cc1/C=C1/C(=O)NC(=S)N(c2ccc(Br)cc2)C1=O. The molecule has 1 aliphatic heterocycles. The highest BCUT2D eigenvalue weighted by molar-refractivity contribution is 9.10. The van der Waals surface area contributed by atoms with Crippen molar-refractivity contribution in [3.05, 3.63) is 63.1 Å². The molecule has 132 valence electrons. The fourth-order valence-corrected chi connectivity index (χ4v) is 3.18. The molecule has 0 bridgehead atoms. The van der Waals surface area contributed by atoms with Crippen molar-refractivity contribution in [2.75, 3.05) is 12.0 Å². The molecule has 1 heterocycles. The van der Waals surface area contributed by atoms with Gasteiger partial charge in [-0.3, -0.25) is 19.8 Å². The minimum atomic E-state index is -0.574. The van der Waals surface area contributed by atoms with E-state index in [0.717, 1.165) is 4.47 Å². The summed E-state index contributed by atoms with van der Waals surface area (Å²) in [7, 11) is 1.50. The second-order valence-electron chi connectivity index (χ2n) is 5.32. The number of anilines is 1. The number of amides is 2. The number of thiocarbonyl (C=S) groups is 1. The molecule has 0 saturated carbocycles. The molecule has 1 N–H and O–H groups in total. The molecule has 0 spiro atoms. The van der Waals surface area contributed by atoms with Crippen LogP contribution in [0.25, 0.3) is 6.08 Å². The van der Waals surface area contributed by atoms with Gasteiger partial charge in [0.15, 0.2) is 5.11 Å². The summed E-state index contributed by atoms with van der Waals surface area (Å²) in [6.45, 7) is 0. The zero-order chi connectivity index (χ0) is 18.8. The predicted octanol–water partition coefficient (Wildman–Crippen LogP) is 3.94. The van der Waals surface area contributed by atoms with Crippen molar-refractivity contribution >= 4 is 68.4 Å². The number of carbonyl (C=O) groups is 2. The van der Waals surface area contributed by atoms with Crippen molar-refractivity contribution in [1.29, 1.82) is 0 Å². The highest BCUT2D eigenvalue weighted by Gasteiger charge is 2.34. The third-order valence-electron chi connectivity index (χ3n) is 3.68. The maximum Gasteiger partial charge on any atom is 0.270 e. The van der Waals surface area contributed by atoms with Crippen LogP contribution in [-0.4, -0.2) is 24.0 Å². The molecule has 2 aromatic carbocycles. The van der Waals surface area contributed by atoms with Gasteiger partial charge in [-0.2, -0.15) is 0 Å². The molecule has 26 heavy (non-hydrogen) atoms. The van der Waals surface area contributed by atoms with Crippen LogP contribution in [0.4, 0.5) is 5.69 Å². The van der Waals surface area contributed by atoms with E-state index in [1.54, 1.807) is 42.5 Å². The lowest BCUT2D eigenvalue weighted by atomic mass is 10.1. The molecule has 2 aromatic rings. The summed E-state index contributed by atoms with van der Waals surface area (Å²) >= 11 is 14.5. The van der Waals surface area contributed by atoms with Crippen LogP contribution in [0.1, 0.15) is 5.56 Å². The Balaban J connectivity index is 2.06. The van der Waals surface area contributed by atoms with Crippen LogP contribution in [0.15, 0.2) is 52.5 Å². The highest BCUT2D eigenvalue weighted by atomic mass is 79.9. The lowest BCUT2D eigenvalue weighted by Gasteiger charge is -2.29. The number of halogens is 2. The third kappa shape index (κ3) is 3.65. The van der Waals surface area contributed by atoms with Gasteiger partial charge in [0.05, 0.1) is 12.8 Å². The molecular weight excluding hydrogens is 440 g/mol. The van der Waals surface area contributed by atoms with Crippen LogP contribution < -0.4 is 15.0 Å². The molecule has 0 aliphatic carbocycles. The summed E-state index contributed by atoms with van der Waals surface area (Å²) in [6.07, 6.45) is 1.44. The summed E-state index contributed by atoms with van der Waals surface area (Å²) in [5.41, 5.74) is 0.997. The number of hydrogen-bond donors (Lipinski definition) is 1. The Bertz CT molecular complexity index is 944. The monoisotopic (exact) mass is 450 g/mol. The molecule has 3 rings (SSSR count). The van der Waals surface area contributed by atoms with E-state index in [-0.39, 0.29) is 10.7 Å². The molecule has 1 aliphatic rings. The summed E-state index contributed by atoms with van der Waals surface area (Å²) < 4.78 is 6.13. The Hall–Kier alpha value is -2.22. The summed E-state index contributed by atoms with van der Waals surface area (Å²) in [5, 5.41) is 3.02. The van der Waals surface area contributed by atoms with E-state index in [0.29, 0.717) is 22.0 Å². The average Bonchev–Trinajstić information content (AvgIpc) is 2.60. The lowest BCUT2D eigenvalue weighted by Crippen LogP contribution is -2.54. The molecule has 0 aromatic heterocycles. The normalized spacial score (nSPS) is 16.0. The number of nitrogens with one attached hydrogen (secondary N) is 1. The summed E-state index contributed by atoms with van der Waals surface area (Å²) in [6, 6.07) is 12.0. The van der Waals surface area contributed by atoms with Gasteiger partial charge in [-0.15, -0.1) is 0 Å². The smallest absolute Gasteiger partial charge is 0.270 e. The van der Waals surface area contributed by atoms with Crippen molar-refractivity contribution in [3.8, 4) is 5.75 Å². The largest absolute Gasteiger partial charge is 0.496 e. The molecule has 0 unspecified atom stereocenters. The molecule has 8 heteroatoms. The van der Waals surface area contributed by atoms with Crippen molar-refractivity contribution in [2.45, 2.75) is 0 Å². The van der Waals surface area contributed by atoms with Gasteiger partial charge in [0.2, 0.25) is 0 Å². The zero-order valence-corrected chi connectivity index (χ0v) is 16.6. The quantitative estimate of drug-likeness (QED) is 0.436. The van der Waals surface area contributed by atoms with Crippen molar-refractivity contribution in [2.24, 2.45) is 0 Å². The highest BCUT2D eigenvalue weighted by Crippen LogP contribution is 2.28. The fraction of sp³-hybridized carbons (Fsp3) is 0.0556. The van der Waals surface area contributed by atoms with E-state index < -0.39 is 11.8 Å². The molecule has 0 atom stereocenters. The first-order chi connectivity index (χ1) is 12.4. The van der Waals surface area contributed by atoms with E-state index in [1.807, 2.05) is 0 Å². The number of benzene rings is 2. The molecular formula is C18H12BrClN2O3S. The Morgan fingerprint density at radius 2 is 1.88 bits per heavy atom. The number of ether oxygens (including phenoxy) is 1. The van der Waals surface area contributed by atoms with Gasteiger partial charge in [0.1, 0.15) is 11.3 Å². The second-order valence-corrected chi connectivity index (χ2v) is 7.06. The van der Waals surface area contributed by atoms with Crippen LogP contribution in [0.2, 0.25) is 5.02 Å². The minimum Gasteiger partial charge on any atom is -0.496 e. The van der Waals surface area contributed by atoms with Crippen LogP contribution in [0.5, 0.6) is 5.75 Å². The molecule has 1 saturated heterocycles. The van der Waals surface area contributed by atoms with Crippen molar-refractivity contribution in [3.63, 3.8) is 0 Å². The van der Waals surface area contributed by atoms with Gasteiger partial charge in [0, 0.05) is 15.1 Å². The van der Waals surface area contributed by atoms with Gasteiger partial charge in [-0.1, -0.05) is 27.5 Å². The molecule has 1 fully saturated rings. The number of rotatable bonds is 3. The van der Waals surface area contributed by atoms with E-state index in [1.165, 1.54) is 18.1 Å². The number of hydrogen-bond acceptors (Lipinski definition) is 4. The molecule has 0 radical (unpaired) electrons. The van der Waals surface area contributed by atoms with Crippen LogP contribution >= 0.6 is 39.7 Å². The molecule has 5 nitrogen and oxygen atoms in total. The van der Waals surface area contributed by atoms with Gasteiger partial charge in [-0.25, -0.2) is 0 Å². The summed E-state index contributed by atoms with van der Waals surface area (Å²) in [4.78, 5) is 26.6. The molecule has 2 amide bonds. The minimum absolute atomic E-state index is 0.0255. The lowest BCUT2D eigenvalue weighted by molar-refractivity contribution is -0.122. The number of methoxy groups -OCH3 is 1. The maximum absolute atomic E-state index is 12.9. The van der Waals surface area contributed by atoms with Crippen molar-refractivity contribution in [1.82, 2.24) is 5.32 Å². The first-order valence-electron chi connectivity index (χ1n) is 7.41. The number of nitrogens with zero attached hydrogens (tertiary/aromatic N) is 1. The predicted molar refractivity (Wildman–Crippen MR) is 108 cm³/mol. The van der Waals surface area contributed by atoms with Gasteiger partial charge in [0.25, 0.3) is 11.8 Å². The standard InChI is InChI=1S/C18H12BrClN2O3S/c1-25-15-7-4-12(20)8-10(15)9-14-16(23)21-18(26)22(17(14)24)13-5-2-11(19)3-6-13/h2-9H,1H3,(H,21,23,26)/b14-9-. The van der Waals surface area contributed by atoms with Crippen LogP contribution in [0, 0.1) is 0 Å².